The van der Waals surface area contributed by atoms with Crippen molar-refractivity contribution in [1.29, 1.82) is 0 Å². The Labute approximate surface area is 115 Å². The van der Waals surface area contributed by atoms with Gasteiger partial charge < -0.3 is 10.6 Å². The number of rotatable bonds is 8. The first kappa shape index (κ1) is 15.6. The molecule has 104 valence electrons. The van der Waals surface area contributed by atoms with Crippen molar-refractivity contribution >= 4 is 11.3 Å². The summed E-state index contributed by atoms with van der Waals surface area (Å²) in [5, 5.41) is 3.30. The summed E-state index contributed by atoms with van der Waals surface area (Å²) in [4.78, 5) is 6.84. The Kier molecular flexibility index (Phi) is 6.82. The van der Waals surface area contributed by atoms with Crippen molar-refractivity contribution in [3.63, 3.8) is 0 Å². The molecule has 0 spiro atoms. The highest BCUT2D eigenvalue weighted by Gasteiger charge is 2.11. The fraction of sp³-hybridized carbons (Fsp3) is 0.786. The lowest BCUT2D eigenvalue weighted by molar-refractivity contribution is 0.276. The zero-order valence-electron chi connectivity index (χ0n) is 12.1. The highest BCUT2D eigenvalue weighted by atomic mass is 32.1. The molecule has 1 unspecified atom stereocenters. The fourth-order valence-electron chi connectivity index (χ4n) is 2.24. The Balaban J connectivity index is 2.29. The van der Waals surface area contributed by atoms with Crippen LogP contribution in [0.5, 0.6) is 0 Å². The van der Waals surface area contributed by atoms with Gasteiger partial charge in [-0.1, -0.05) is 13.8 Å². The zero-order valence-corrected chi connectivity index (χ0v) is 13.0. The van der Waals surface area contributed by atoms with Gasteiger partial charge in [-0.3, -0.25) is 0 Å². The van der Waals surface area contributed by atoms with Gasteiger partial charge in [0.1, 0.15) is 0 Å². The molecular weight excluding hydrogens is 242 g/mol. The molecule has 2 N–H and O–H groups in total. The summed E-state index contributed by atoms with van der Waals surface area (Å²) in [5.74, 6) is 1.40. The molecule has 1 rings (SSSR count). The molecule has 1 aromatic heterocycles. The van der Waals surface area contributed by atoms with E-state index in [1.165, 1.54) is 18.5 Å². The highest BCUT2D eigenvalue weighted by molar-refractivity contribution is 7.09. The number of aromatic nitrogens is 1. The minimum atomic E-state index is 0.657. The number of thiazole rings is 1. The van der Waals surface area contributed by atoms with Crippen molar-refractivity contribution in [2.24, 2.45) is 17.6 Å². The van der Waals surface area contributed by atoms with Crippen molar-refractivity contribution in [2.75, 3.05) is 20.1 Å². The minimum absolute atomic E-state index is 0.657. The summed E-state index contributed by atoms with van der Waals surface area (Å²) in [6.45, 7) is 9.45. The lowest BCUT2D eigenvalue weighted by Gasteiger charge is -2.21. The van der Waals surface area contributed by atoms with Crippen LogP contribution in [0.3, 0.4) is 0 Å². The van der Waals surface area contributed by atoms with E-state index in [0.29, 0.717) is 5.92 Å². The third-order valence-corrected chi connectivity index (χ3v) is 3.98. The second-order valence-corrected chi connectivity index (χ2v) is 6.68. The first-order valence-corrected chi connectivity index (χ1v) is 7.68. The molecule has 0 aromatic carbocycles. The predicted molar refractivity (Wildman–Crippen MR) is 79.8 cm³/mol. The summed E-state index contributed by atoms with van der Waals surface area (Å²) in [6.07, 6.45) is 2.43. The number of hydrogen-bond donors (Lipinski definition) is 1. The third-order valence-electron chi connectivity index (χ3n) is 3.16. The number of aryl methyl sites for hydroxylation is 1. The molecule has 0 saturated carbocycles. The second-order valence-electron chi connectivity index (χ2n) is 5.62. The average molecular weight is 269 g/mol. The minimum Gasteiger partial charge on any atom is -0.330 e. The van der Waals surface area contributed by atoms with E-state index in [1.54, 1.807) is 11.3 Å². The molecule has 0 aliphatic carbocycles. The lowest BCUT2D eigenvalue weighted by atomic mass is 9.94. The summed E-state index contributed by atoms with van der Waals surface area (Å²) in [5.41, 5.74) is 7.02. The quantitative estimate of drug-likeness (QED) is 0.789. The van der Waals surface area contributed by atoms with Crippen molar-refractivity contribution in [3.8, 4) is 0 Å². The van der Waals surface area contributed by atoms with Crippen molar-refractivity contribution in [3.05, 3.63) is 16.1 Å². The van der Waals surface area contributed by atoms with Crippen LogP contribution in [-0.4, -0.2) is 30.0 Å². The van der Waals surface area contributed by atoms with E-state index in [-0.39, 0.29) is 0 Å². The lowest BCUT2D eigenvalue weighted by Crippen LogP contribution is -2.25. The predicted octanol–water partition coefficient (Wildman–Crippen LogP) is 2.89. The van der Waals surface area contributed by atoms with Crippen LogP contribution in [0.25, 0.3) is 0 Å². The molecule has 1 heterocycles. The van der Waals surface area contributed by atoms with Crippen LogP contribution in [0.1, 0.15) is 37.4 Å². The number of nitrogens with two attached hydrogens (primary N) is 1. The average Bonchev–Trinajstić information content (AvgIpc) is 2.69. The molecule has 1 atom stereocenters. The van der Waals surface area contributed by atoms with Crippen molar-refractivity contribution < 1.29 is 0 Å². The summed E-state index contributed by atoms with van der Waals surface area (Å²) in [7, 11) is 2.16. The van der Waals surface area contributed by atoms with Crippen molar-refractivity contribution in [1.82, 2.24) is 9.88 Å². The highest BCUT2D eigenvalue weighted by Crippen LogP contribution is 2.15. The van der Waals surface area contributed by atoms with Crippen LogP contribution in [-0.2, 0) is 6.54 Å². The van der Waals surface area contributed by atoms with E-state index in [2.05, 4.69) is 43.1 Å². The Morgan fingerprint density at radius 1 is 1.44 bits per heavy atom. The summed E-state index contributed by atoms with van der Waals surface area (Å²) in [6, 6.07) is 0. The van der Waals surface area contributed by atoms with Gasteiger partial charge in [0, 0.05) is 11.9 Å². The van der Waals surface area contributed by atoms with Crippen molar-refractivity contribution in [2.45, 2.75) is 40.2 Å². The molecule has 0 aliphatic heterocycles. The van der Waals surface area contributed by atoms with Gasteiger partial charge in [0.05, 0.1) is 10.7 Å². The second kappa shape index (κ2) is 7.87. The number of nitrogens with zero attached hydrogens (tertiary/aromatic N) is 2. The first-order chi connectivity index (χ1) is 8.51. The maximum absolute atomic E-state index is 5.83. The standard InChI is InChI=1S/C14H27N3S/c1-11(2)7-13(8-15)5-6-17(4)9-14-10-18-12(3)16-14/h10-11,13H,5-9,15H2,1-4H3. The maximum Gasteiger partial charge on any atom is 0.0897 e. The molecule has 0 saturated heterocycles. The van der Waals surface area contributed by atoms with E-state index in [9.17, 15) is 0 Å². The van der Waals surface area contributed by atoms with Gasteiger partial charge in [0.2, 0.25) is 0 Å². The Bertz CT molecular complexity index is 336. The van der Waals surface area contributed by atoms with Gasteiger partial charge in [0.25, 0.3) is 0 Å². The third kappa shape index (κ3) is 5.94. The molecule has 0 fully saturated rings. The summed E-state index contributed by atoms with van der Waals surface area (Å²) >= 11 is 1.73. The number of hydrogen-bond acceptors (Lipinski definition) is 4. The van der Waals surface area contributed by atoms with E-state index in [4.69, 9.17) is 5.73 Å². The van der Waals surface area contributed by atoms with E-state index in [1.807, 2.05) is 0 Å². The SMILES string of the molecule is Cc1nc(CN(C)CCC(CN)CC(C)C)cs1. The fourth-order valence-corrected chi connectivity index (χ4v) is 2.84. The zero-order chi connectivity index (χ0) is 13.5. The van der Waals surface area contributed by atoms with Crippen LogP contribution >= 0.6 is 11.3 Å². The van der Waals surface area contributed by atoms with E-state index >= 15 is 0 Å². The normalized spacial score (nSPS) is 13.5. The largest absolute Gasteiger partial charge is 0.330 e. The van der Waals surface area contributed by atoms with Crippen LogP contribution < -0.4 is 5.73 Å². The molecule has 18 heavy (non-hydrogen) atoms. The van der Waals surface area contributed by atoms with Gasteiger partial charge in [-0.15, -0.1) is 11.3 Å². The molecule has 0 radical (unpaired) electrons. The van der Waals surface area contributed by atoms with Gasteiger partial charge in [0.15, 0.2) is 0 Å². The molecule has 0 bridgehead atoms. The van der Waals surface area contributed by atoms with Gasteiger partial charge in [-0.25, -0.2) is 4.98 Å². The molecule has 4 heteroatoms. The first-order valence-electron chi connectivity index (χ1n) is 6.80. The Morgan fingerprint density at radius 3 is 2.67 bits per heavy atom. The molecule has 0 amide bonds. The van der Waals surface area contributed by atoms with Crippen LogP contribution in [0, 0.1) is 18.8 Å². The molecule has 3 nitrogen and oxygen atoms in total. The molecule has 1 aromatic rings. The van der Waals surface area contributed by atoms with E-state index in [0.717, 1.165) is 30.6 Å². The molecule has 0 aliphatic rings. The topological polar surface area (TPSA) is 42.2 Å². The van der Waals surface area contributed by atoms with Crippen LogP contribution in [0.2, 0.25) is 0 Å². The van der Waals surface area contributed by atoms with Gasteiger partial charge >= 0.3 is 0 Å². The maximum atomic E-state index is 5.83. The smallest absolute Gasteiger partial charge is 0.0897 e. The molecular formula is C14H27N3S. The Morgan fingerprint density at radius 2 is 2.17 bits per heavy atom. The van der Waals surface area contributed by atoms with Crippen LogP contribution in [0.15, 0.2) is 5.38 Å². The van der Waals surface area contributed by atoms with Crippen LogP contribution in [0.4, 0.5) is 0 Å². The van der Waals surface area contributed by atoms with Gasteiger partial charge in [-0.2, -0.15) is 0 Å². The Hall–Kier alpha value is -0.450. The van der Waals surface area contributed by atoms with Gasteiger partial charge in [-0.05, 0) is 51.7 Å². The van der Waals surface area contributed by atoms with E-state index < -0.39 is 0 Å². The monoisotopic (exact) mass is 269 g/mol. The summed E-state index contributed by atoms with van der Waals surface area (Å²) < 4.78 is 0.